The van der Waals surface area contributed by atoms with Gasteiger partial charge in [0.05, 0.1) is 10.6 Å². The van der Waals surface area contributed by atoms with Gasteiger partial charge in [-0.3, -0.25) is 4.79 Å². The van der Waals surface area contributed by atoms with Crippen molar-refractivity contribution >= 4 is 23.3 Å². The first-order valence-corrected chi connectivity index (χ1v) is 6.81. The molecule has 6 heteroatoms. The highest BCUT2D eigenvalue weighted by molar-refractivity contribution is 6.33. The average Bonchev–Trinajstić information content (AvgIpc) is 3.23. The topological polar surface area (TPSA) is 57.3 Å². The van der Waals surface area contributed by atoms with Crippen molar-refractivity contribution in [1.82, 2.24) is 15.2 Å². The summed E-state index contributed by atoms with van der Waals surface area (Å²) < 4.78 is 0. The first-order valence-electron chi connectivity index (χ1n) is 6.43. The number of likely N-dealkylation sites (N-methyl/N-ethyl adjacent to an activating group) is 1. The highest BCUT2D eigenvalue weighted by Gasteiger charge is 2.25. The highest BCUT2D eigenvalue weighted by Crippen LogP contribution is 2.24. The molecule has 0 aliphatic heterocycles. The molecule has 1 fully saturated rings. The molecule has 0 atom stereocenters. The fraction of sp³-hybridized carbons (Fsp3) is 0.538. The molecular formula is C13H19ClN4O. The number of nitrogens with zero attached hydrogens (tertiary/aromatic N) is 2. The number of pyridine rings is 1. The number of hydrogen-bond donors (Lipinski definition) is 2. The van der Waals surface area contributed by atoms with E-state index in [-0.39, 0.29) is 5.91 Å². The Hall–Kier alpha value is -1.33. The van der Waals surface area contributed by atoms with Crippen LogP contribution in [0.2, 0.25) is 5.02 Å². The van der Waals surface area contributed by atoms with Crippen LogP contribution in [0.4, 0.5) is 5.82 Å². The van der Waals surface area contributed by atoms with E-state index in [0.717, 1.165) is 6.54 Å². The van der Waals surface area contributed by atoms with Crippen molar-refractivity contribution in [3.63, 3.8) is 0 Å². The van der Waals surface area contributed by atoms with Crippen molar-refractivity contribution in [3.05, 3.63) is 22.8 Å². The molecule has 1 amide bonds. The van der Waals surface area contributed by atoms with Crippen LogP contribution < -0.4 is 10.6 Å². The molecule has 1 aromatic rings. The molecule has 0 bridgehead atoms. The molecule has 0 spiro atoms. The molecule has 5 nitrogen and oxygen atoms in total. The molecule has 2 N–H and O–H groups in total. The summed E-state index contributed by atoms with van der Waals surface area (Å²) in [5.41, 5.74) is 0.454. The maximum Gasteiger partial charge on any atom is 0.253 e. The molecule has 104 valence electrons. The Balaban J connectivity index is 1.88. The standard InChI is InChI=1S/C13H19ClN4O/c1-15-12-7-10(11(14)8-17-12)13(19)16-5-6-18(2)9-3-4-9/h7-9H,3-6H2,1-2H3,(H,15,17)(H,16,19). The number of carbonyl (C=O) groups excluding carboxylic acids is 1. The monoisotopic (exact) mass is 282 g/mol. The van der Waals surface area contributed by atoms with E-state index in [1.165, 1.54) is 19.0 Å². The Morgan fingerprint density at radius 3 is 2.95 bits per heavy atom. The van der Waals surface area contributed by atoms with E-state index in [2.05, 4.69) is 27.6 Å². The van der Waals surface area contributed by atoms with Crippen molar-refractivity contribution in [1.29, 1.82) is 0 Å². The van der Waals surface area contributed by atoms with Gasteiger partial charge in [0.15, 0.2) is 0 Å². The lowest BCUT2D eigenvalue weighted by atomic mass is 10.2. The normalized spacial score (nSPS) is 14.5. The molecule has 1 aliphatic rings. The maximum atomic E-state index is 12.0. The Bertz CT molecular complexity index is 462. The minimum absolute atomic E-state index is 0.159. The average molecular weight is 283 g/mol. The molecule has 0 unspecified atom stereocenters. The lowest BCUT2D eigenvalue weighted by Crippen LogP contribution is -2.34. The van der Waals surface area contributed by atoms with E-state index in [1.807, 2.05) is 0 Å². The molecule has 1 aliphatic carbocycles. The molecule has 0 radical (unpaired) electrons. The quantitative estimate of drug-likeness (QED) is 0.832. The van der Waals surface area contributed by atoms with Gasteiger partial charge in [0, 0.05) is 32.4 Å². The molecule has 1 aromatic heterocycles. The lowest BCUT2D eigenvalue weighted by molar-refractivity contribution is 0.0949. The molecule has 0 saturated heterocycles. The van der Waals surface area contributed by atoms with Gasteiger partial charge in [-0.05, 0) is 26.0 Å². The number of carbonyl (C=O) groups is 1. The fourth-order valence-corrected chi connectivity index (χ4v) is 2.08. The third-order valence-electron chi connectivity index (χ3n) is 3.28. The van der Waals surface area contributed by atoms with Gasteiger partial charge in [-0.2, -0.15) is 0 Å². The third kappa shape index (κ3) is 3.81. The first kappa shape index (κ1) is 14.1. The lowest BCUT2D eigenvalue weighted by Gasteiger charge is -2.16. The zero-order valence-corrected chi connectivity index (χ0v) is 12.0. The van der Waals surface area contributed by atoms with Gasteiger partial charge in [-0.25, -0.2) is 4.98 Å². The smallest absolute Gasteiger partial charge is 0.253 e. The molecule has 19 heavy (non-hydrogen) atoms. The predicted molar refractivity (Wildman–Crippen MR) is 76.8 cm³/mol. The maximum absolute atomic E-state index is 12.0. The van der Waals surface area contributed by atoms with Crippen LogP contribution in [0.1, 0.15) is 23.2 Å². The number of nitrogens with one attached hydrogen (secondary N) is 2. The zero-order valence-electron chi connectivity index (χ0n) is 11.2. The Labute approximate surface area is 118 Å². The summed E-state index contributed by atoms with van der Waals surface area (Å²) in [5, 5.41) is 6.14. The van der Waals surface area contributed by atoms with Crippen molar-refractivity contribution in [2.45, 2.75) is 18.9 Å². The van der Waals surface area contributed by atoms with Crippen LogP contribution in [0.5, 0.6) is 0 Å². The highest BCUT2D eigenvalue weighted by atomic mass is 35.5. The second kappa shape index (κ2) is 6.21. The van der Waals surface area contributed by atoms with E-state index in [4.69, 9.17) is 11.6 Å². The summed E-state index contributed by atoms with van der Waals surface area (Å²) in [4.78, 5) is 18.4. The largest absolute Gasteiger partial charge is 0.373 e. The van der Waals surface area contributed by atoms with Gasteiger partial charge in [-0.1, -0.05) is 11.6 Å². The van der Waals surface area contributed by atoms with Crippen LogP contribution in [-0.4, -0.2) is 49.0 Å². The van der Waals surface area contributed by atoms with Crippen LogP contribution in [0, 0.1) is 0 Å². The molecule has 1 saturated carbocycles. The van der Waals surface area contributed by atoms with Crippen LogP contribution >= 0.6 is 11.6 Å². The molecular weight excluding hydrogens is 264 g/mol. The summed E-state index contributed by atoms with van der Waals surface area (Å²) in [6, 6.07) is 2.36. The summed E-state index contributed by atoms with van der Waals surface area (Å²) >= 11 is 5.99. The van der Waals surface area contributed by atoms with Gasteiger partial charge in [0.25, 0.3) is 5.91 Å². The van der Waals surface area contributed by atoms with E-state index in [1.54, 1.807) is 13.1 Å². The minimum Gasteiger partial charge on any atom is -0.373 e. The van der Waals surface area contributed by atoms with Crippen molar-refractivity contribution in [2.75, 3.05) is 32.5 Å². The number of amides is 1. The van der Waals surface area contributed by atoms with E-state index < -0.39 is 0 Å². The first-order chi connectivity index (χ1) is 9.11. The number of rotatable bonds is 6. The molecule has 2 rings (SSSR count). The van der Waals surface area contributed by atoms with Crippen molar-refractivity contribution in [2.24, 2.45) is 0 Å². The number of halogens is 1. The van der Waals surface area contributed by atoms with Crippen molar-refractivity contribution in [3.8, 4) is 0 Å². The second-order valence-corrected chi connectivity index (χ2v) is 5.17. The van der Waals surface area contributed by atoms with Gasteiger partial charge < -0.3 is 15.5 Å². The Morgan fingerprint density at radius 1 is 1.58 bits per heavy atom. The van der Waals surface area contributed by atoms with E-state index in [9.17, 15) is 4.79 Å². The number of hydrogen-bond acceptors (Lipinski definition) is 4. The summed E-state index contributed by atoms with van der Waals surface area (Å²) in [6.45, 7) is 1.48. The van der Waals surface area contributed by atoms with Crippen LogP contribution in [0.25, 0.3) is 0 Å². The van der Waals surface area contributed by atoms with Crippen LogP contribution in [0.15, 0.2) is 12.3 Å². The van der Waals surface area contributed by atoms with Gasteiger partial charge in [-0.15, -0.1) is 0 Å². The van der Waals surface area contributed by atoms with Gasteiger partial charge in [0.1, 0.15) is 5.82 Å². The Morgan fingerprint density at radius 2 is 2.32 bits per heavy atom. The van der Waals surface area contributed by atoms with E-state index >= 15 is 0 Å². The second-order valence-electron chi connectivity index (χ2n) is 4.77. The zero-order chi connectivity index (χ0) is 13.8. The summed E-state index contributed by atoms with van der Waals surface area (Å²) in [5.74, 6) is 0.470. The summed E-state index contributed by atoms with van der Waals surface area (Å²) in [6.07, 6.45) is 4.02. The fourth-order valence-electron chi connectivity index (χ4n) is 1.89. The third-order valence-corrected chi connectivity index (χ3v) is 3.58. The SMILES string of the molecule is CNc1cc(C(=O)NCCN(C)C2CC2)c(Cl)cn1. The van der Waals surface area contributed by atoms with Crippen LogP contribution in [0.3, 0.4) is 0 Å². The number of anilines is 1. The van der Waals surface area contributed by atoms with Crippen molar-refractivity contribution < 1.29 is 4.79 Å². The predicted octanol–water partition coefficient (Wildman–Crippen LogP) is 1.60. The molecule has 1 heterocycles. The molecule has 0 aromatic carbocycles. The number of aromatic nitrogens is 1. The van der Waals surface area contributed by atoms with Crippen LogP contribution in [-0.2, 0) is 0 Å². The van der Waals surface area contributed by atoms with Gasteiger partial charge >= 0.3 is 0 Å². The van der Waals surface area contributed by atoms with Gasteiger partial charge in [0.2, 0.25) is 0 Å². The summed E-state index contributed by atoms with van der Waals surface area (Å²) in [7, 11) is 3.84. The minimum atomic E-state index is -0.159. The van der Waals surface area contributed by atoms with E-state index in [0.29, 0.717) is 29.0 Å². The Kier molecular flexibility index (Phi) is 4.61.